The van der Waals surface area contributed by atoms with Crippen LogP contribution in [0.5, 0.6) is 0 Å². The molecule has 14 heavy (non-hydrogen) atoms. The van der Waals surface area contributed by atoms with Crippen molar-refractivity contribution in [1.29, 1.82) is 0 Å². The minimum Gasteiger partial charge on any atom is -0.302 e. The van der Waals surface area contributed by atoms with E-state index >= 15 is 0 Å². The molecule has 0 unspecified atom stereocenters. The number of hydrogen-bond acceptors (Lipinski definition) is 1. The maximum atomic E-state index is 2.54. The van der Waals surface area contributed by atoms with E-state index in [1.165, 1.54) is 25.2 Å². The van der Waals surface area contributed by atoms with Crippen LogP contribution in [0, 0.1) is 5.92 Å². The third-order valence-electron chi connectivity index (χ3n) is 2.85. The summed E-state index contributed by atoms with van der Waals surface area (Å²) in [7, 11) is 0. The van der Waals surface area contributed by atoms with Gasteiger partial charge in [-0.2, -0.15) is 0 Å². The lowest BCUT2D eigenvalue weighted by atomic mass is 9.91. The minimum absolute atomic E-state index is 0.787. The second kappa shape index (κ2) is 4.14. The van der Waals surface area contributed by atoms with Gasteiger partial charge in [0.1, 0.15) is 0 Å². The standard InChI is InChI=1S/C13H19N/c1-11(2)8-14-9-13(10-14)12-6-4-3-5-7-12/h3-7,11,13H,8-10H2,1-2H3. The predicted molar refractivity (Wildman–Crippen MR) is 60.5 cm³/mol. The van der Waals surface area contributed by atoms with E-state index < -0.39 is 0 Å². The first-order chi connectivity index (χ1) is 6.75. The van der Waals surface area contributed by atoms with Crippen LogP contribution in [-0.4, -0.2) is 24.5 Å². The third kappa shape index (κ3) is 2.16. The Bertz CT molecular complexity index is 273. The molecule has 0 atom stereocenters. The van der Waals surface area contributed by atoms with Crippen molar-refractivity contribution in [2.75, 3.05) is 19.6 Å². The van der Waals surface area contributed by atoms with Crippen LogP contribution in [0.2, 0.25) is 0 Å². The molecular weight excluding hydrogens is 170 g/mol. The fraction of sp³-hybridized carbons (Fsp3) is 0.538. The zero-order valence-corrected chi connectivity index (χ0v) is 9.11. The number of nitrogens with zero attached hydrogens (tertiary/aromatic N) is 1. The maximum absolute atomic E-state index is 2.54. The molecule has 1 fully saturated rings. The first-order valence-corrected chi connectivity index (χ1v) is 5.53. The highest BCUT2D eigenvalue weighted by atomic mass is 15.2. The van der Waals surface area contributed by atoms with Crippen LogP contribution in [0.25, 0.3) is 0 Å². The molecule has 0 amide bonds. The van der Waals surface area contributed by atoms with E-state index in [9.17, 15) is 0 Å². The lowest BCUT2D eigenvalue weighted by molar-refractivity contribution is 0.131. The summed E-state index contributed by atoms with van der Waals surface area (Å²) in [5, 5.41) is 0. The number of benzene rings is 1. The number of hydrogen-bond donors (Lipinski definition) is 0. The van der Waals surface area contributed by atoms with Crippen molar-refractivity contribution in [3.8, 4) is 0 Å². The van der Waals surface area contributed by atoms with Gasteiger partial charge in [0.25, 0.3) is 0 Å². The molecule has 1 aromatic rings. The summed E-state index contributed by atoms with van der Waals surface area (Å²) in [5.41, 5.74) is 1.51. The Labute approximate surface area is 86.7 Å². The van der Waals surface area contributed by atoms with E-state index in [-0.39, 0.29) is 0 Å². The number of likely N-dealkylation sites (tertiary alicyclic amines) is 1. The van der Waals surface area contributed by atoms with Gasteiger partial charge >= 0.3 is 0 Å². The lowest BCUT2D eigenvalue weighted by Gasteiger charge is -2.40. The molecule has 2 rings (SSSR count). The molecule has 1 aromatic carbocycles. The van der Waals surface area contributed by atoms with Gasteiger partial charge in [0.05, 0.1) is 0 Å². The van der Waals surface area contributed by atoms with Crippen LogP contribution in [-0.2, 0) is 0 Å². The van der Waals surface area contributed by atoms with Crippen molar-refractivity contribution in [3.63, 3.8) is 0 Å². The molecule has 0 aromatic heterocycles. The summed E-state index contributed by atoms with van der Waals surface area (Å²) in [4.78, 5) is 2.54. The van der Waals surface area contributed by atoms with Crippen LogP contribution >= 0.6 is 0 Å². The van der Waals surface area contributed by atoms with Crippen molar-refractivity contribution in [2.24, 2.45) is 5.92 Å². The molecule has 1 heteroatoms. The van der Waals surface area contributed by atoms with Crippen LogP contribution in [0.1, 0.15) is 25.3 Å². The molecule has 0 N–H and O–H groups in total. The summed E-state index contributed by atoms with van der Waals surface area (Å²) in [6.45, 7) is 8.33. The topological polar surface area (TPSA) is 3.24 Å². The average molecular weight is 189 g/mol. The Hall–Kier alpha value is -0.820. The van der Waals surface area contributed by atoms with E-state index in [0.29, 0.717) is 0 Å². The minimum atomic E-state index is 0.787. The van der Waals surface area contributed by atoms with Gasteiger partial charge in [0.15, 0.2) is 0 Å². The lowest BCUT2D eigenvalue weighted by Crippen LogP contribution is -2.46. The summed E-state index contributed by atoms with van der Waals surface area (Å²) in [6.07, 6.45) is 0. The van der Waals surface area contributed by atoms with Gasteiger partial charge in [-0.3, -0.25) is 0 Å². The second-order valence-corrected chi connectivity index (χ2v) is 4.72. The molecule has 0 radical (unpaired) electrons. The summed E-state index contributed by atoms with van der Waals surface area (Å²) in [5.74, 6) is 1.58. The monoisotopic (exact) mass is 189 g/mol. The highest BCUT2D eigenvalue weighted by Gasteiger charge is 2.27. The van der Waals surface area contributed by atoms with Crippen molar-refractivity contribution in [2.45, 2.75) is 19.8 Å². The molecule has 1 nitrogen and oxygen atoms in total. The molecule has 76 valence electrons. The van der Waals surface area contributed by atoms with Crippen molar-refractivity contribution >= 4 is 0 Å². The van der Waals surface area contributed by atoms with Crippen LogP contribution in [0.4, 0.5) is 0 Å². The molecule has 1 aliphatic heterocycles. The van der Waals surface area contributed by atoms with Gasteiger partial charge in [-0.15, -0.1) is 0 Å². The first-order valence-electron chi connectivity index (χ1n) is 5.53. The molecule has 0 spiro atoms. The van der Waals surface area contributed by atoms with Gasteiger partial charge in [-0.25, -0.2) is 0 Å². The van der Waals surface area contributed by atoms with Crippen LogP contribution in [0.3, 0.4) is 0 Å². The molecule has 0 saturated carbocycles. The second-order valence-electron chi connectivity index (χ2n) is 4.72. The quantitative estimate of drug-likeness (QED) is 0.706. The van der Waals surface area contributed by atoms with Gasteiger partial charge in [0, 0.05) is 25.6 Å². The van der Waals surface area contributed by atoms with E-state index in [1.807, 2.05) is 0 Å². The van der Waals surface area contributed by atoms with Crippen molar-refractivity contribution in [3.05, 3.63) is 35.9 Å². The molecule has 1 saturated heterocycles. The maximum Gasteiger partial charge on any atom is 0.00936 e. The normalized spacial score (nSPS) is 18.5. The fourth-order valence-electron chi connectivity index (χ4n) is 2.17. The smallest absolute Gasteiger partial charge is 0.00936 e. The summed E-state index contributed by atoms with van der Waals surface area (Å²) >= 11 is 0. The molecule has 1 aliphatic rings. The van der Waals surface area contributed by atoms with Gasteiger partial charge in [0.2, 0.25) is 0 Å². The predicted octanol–water partition coefficient (Wildman–Crippen LogP) is 2.74. The Kier molecular flexibility index (Phi) is 2.87. The largest absolute Gasteiger partial charge is 0.302 e. The first kappa shape index (κ1) is 9.72. The fourth-order valence-corrected chi connectivity index (χ4v) is 2.17. The molecule has 0 bridgehead atoms. The SMILES string of the molecule is CC(C)CN1CC(c2ccccc2)C1. The molecule has 1 heterocycles. The van der Waals surface area contributed by atoms with Crippen LogP contribution < -0.4 is 0 Å². The number of rotatable bonds is 3. The molecular formula is C13H19N. The Morgan fingerprint density at radius 1 is 1.21 bits per heavy atom. The Morgan fingerprint density at radius 2 is 1.86 bits per heavy atom. The van der Waals surface area contributed by atoms with Gasteiger partial charge in [-0.05, 0) is 11.5 Å². The highest BCUT2D eigenvalue weighted by Crippen LogP contribution is 2.26. The van der Waals surface area contributed by atoms with E-state index in [1.54, 1.807) is 0 Å². The average Bonchev–Trinajstić information content (AvgIpc) is 2.12. The summed E-state index contributed by atoms with van der Waals surface area (Å²) < 4.78 is 0. The van der Waals surface area contributed by atoms with E-state index in [2.05, 4.69) is 49.1 Å². The zero-order valence-electron chi connectivity index (χ0n) is 9.11. The van der Waals surface area contributed by atoms with Crippen LogP contribution in [0.15, 0.2) is 30.3 Å². The third-order valence-corrected chi connectivity index (χ3v) is 2.85. The highest BCUT2D eigenvalue weighted by molar-refractivity contribution is 5.22. The van der Waals surface area contributed by atoms with Gasteiger partial charge < -0.3 is 4.90 Å². The Morgan fingerprint density at radius 3 is 2.43 bits per heavy atom. The van der Waals surface area contributed by atoms with Crippen molar-refractivity contribution < 1.29 is 0 Å². The van der Waals surface area contributed by atoms with Crippen molar-refractivity contribution in [1.82, 2.24) is 4.90 Å². The zero-order chi connectivity index (χ0) is 9.97. The van der Waals surface area contributed by atoms with Gasteiger partial charge in [-0.1, -0.05) is 44.2 Å². The Balaban J connectivity index is 1.83. The van der Waals surface area contributed by atoms with E-state index in [4.69, 9.17) is 0 Å². The van der Waals surface area contributed by atoms with E-state index in [0.717, 1.165) is 11.8 Å². The summed E-state index contributed by atoms with van der Waals surface area (Å²) in [6, 6.07) is 10.9. The molecule has 0 aliphatic carbocycles.